The van der Waals surface area contributed by atoms with E-state index in [1.165, 1.54) is 25.8 Å². The highest BCUT2D eigenvalue weighted by molar-refractivity contribution is 6.43. The molecule has 162 valence electrons. The molecule has 1 aromatic carbocycles. The smallest absolute Gasteiger partial charge is 0.162 e. The number of halogens is 2. The molecule has 1 saturated carbocycles. The van der Waals surface area contributed by atoms with Crippen molar-refractivity contribution in [3.05, 3.63) is 46.2 Å². The molecular weight excluding hydrogens is 419 g/mol. The minimum absolute atomic E-state index is 0.0904. The number of carbonyl (C=O) groups is 1. The van der Waals surface area contributed by atoms with Crippen LogP contribution in [-0.2, 0) is 0 Å². The quantitative estimate of drug-likeness (QED) is 0.559. The monoisotopic (exact) mass is 448 g/mol. The van der Waals surface area contributed by atoms with Crippen LogP contribution in [-0.4, -0.2) is 53.2 Å². The van der Waals surface area contributed by atoms with Crippen LogP contribution in [0.4, 0.5) is 5.69 Å². The van der Waals surface area contributed by atoms with E-state index in [4.69, 9.17) is 23.2 Å². The molecule has 1 aromatic heterocycles. The molecule has 1 aliphatic carbocycles. The number of carbonyl (C=O) groups excluding carboxylic acids is 1. The minimum atomic E-state index is 0.0904. The second-order valence-electron chi connectivity index (χ2n) is 8.63. The van der Waals surface area contributed by atoms with Crippen molar-refractivity contribution in [2.45, 2.75) is 45.1 Å². The van der Waals surface area contributed by atoms with Gasteiger partial charge in [0.1, 0.15) is 0 Å². The molecule has 0 N–H and O–H groups in total. The Hall–Kier alpha value is -1.56. The topological polar surface area (TPSA) is 41.4 Å². The summed E-state index contributed by atoms with van der Waals surface area (Å²) in [6.07, 6.45) is 9.69. The van der Waals surface area contributed by atoms with E-state index >= 15 is 0 Å². The third kappa shape index (κ3) is 5.01. The number of aromatic nitrogens is 2. The fourth-order valence-corrected chi connectivity index (χ4v) is 5.15. The van der Waals surface area contributed by atoms with Gasteiger partial charge < -0.3 is 4.90 Å². The first kappa shape index (κ1) is 21.7. The number of hydrogen-bond donors (Lipinski definition) is 0. The number of anilines is 1. The third-order valence-corrected chi connectivity index (χ3v) is 7.51. The van der Waals surface area contributed by atoms with E-state index in [2.05, 4.69) is 21.0 Å². The van der Waals surface area contributed by atoms with Gasteiger partial charge in [-0.3, -0.25) is 14.4 Å². The molecule has 0 spiro atoms. The molecule has 5 nitrogen and oxygen atoms in total. The van der Waals surface area contributed by atoms with Crippen LogP contribution < -0.4 is 4.90 Å². The molecule has 2 heterocycles. The molecule has 0 radical (unpaired) electrons. The SMILES string of the molecule is CC(=O)c1cnn(C2CCC(CCN3CCN(c4cccc(Cl)c4Cl)CC3)CC2)c1. The largest absolute Gasteiger partial charge is 0.368 e. The second kappa shape index (κ2) is 9.71. The van der Waals surface area contributed by atoms with E-state index in [0.717, 1.165) is 56.2 Å². The zero-order valence-electron chi connectivity index (χ0n) is 17.6. The summed E-state index contributed by atoms with van der Waals surface area (Å²) in [5, 5.41) is 5.70. The Morgan fingerprint density at radius 2 is 1.83 bits per heavy atom. The van der Waals surface area contributed by atoms with E-state index in [9.17, 15) is 4.79 Å². The van der Waals surface area contributed by atoms with Crippen molar-refractivity contribution in [1.29, 1.82) is 0 Å². The van der Waals surface area contributed by atoms with E-state index in [1.54, 1.807) is 13.1 Å². The van der Waals surface area contributed by atoms with Crippen molar-refractivity contribution >= 4 is 34.7 Å². The summed E-state index contributed by atoms with van der Waals surface area (Å²) in [6.45, 7) is 6.89. The lowest BCUT2D eigenvalue weighted by Crippen LogP contribution is -2.47. The van der Waals surface area contributed by atoms with Gasteiger partial charge in [-0.05, 0) is 63.6 Å². The average molecular weight is 449 g/mol. The fraction of sp³-hybridized carbons (Fsp3) is 0.565. The van der Waals surface area contributed by atoms with Crippen molar-refractivity contribution < 1.29 is 4.79 Å². The minimum Gasteiger partial charge on any atom is -0.368 e. The Morgan fingerprint density at radius 1 is 1.10 bits per heavy atom. The van der Waals surface area contributed by atoms with Gasteiger partial charge in [0.05, 0.1) is 33.5 Å². The standard InChI is InChI=1S/C23H30Cl2N4O/c1-17(30)19-15-26-29(16-19)20-7-5-18(6-8-20)9-10-27-11-13-28(14-12-27)22-4-2-3-21(24)23(22)25/h2-4,15-16,18,20H,5-14H2,1H3. The van der Waals surface area contributed by atoms with Crippen LogP contribution in [0.25, 0.3) is 0 Å². The predicted octanol–water partition coefficient (Wildman–Crippen LogP) is 5.34. The Morgan fingerprint density at radius 3 is 2.50 bits per heavy atom. The zero-order valence-corrected chi connectivity index (χ0v) is 19.1. The molecule has 0 bridgehead atoms. The number of benzene rings is 1. The van der Waals surface area contributed by atoms with Gasteiger partial charge >= 0.3 is 0 Å². The van der Waals surface area contributed by atoms with Gasteiger partial charge in [0.15, 0.2) is 5.78 Å². The number of rotatable bonds is 6. The normalized spacial score (nSPS) is 23.0. The number of hydrogen-bond acceptors (Lipinski definition) is 4. The van der Waals surface area contributed by atoms with Crippen LogP contribution in [0.5, 0.6) is 0 Å². The lowest BCUT2D eigenvalue weighted by molar-refractivity contribution is 0.101. The highest BCUT2D eigenvalue weighted by Gasteiger charge is 2.25. The Labute approximate surface area is 188 Å². The van der Waals surface area contributed by atoms with E-state index < -0.39 is 0 Å². The van der Waals surface area contributed by atoms with Gasteiger partial charge in [-0.25, -0.2) is 0 Å². The Balaban J connectivity index is 1.19. The maximum Gasteiger partial charge on any atom is 0.162 e. The summed E-state index contributed by atoms with van der Waals surface area (Å²) in [6, 6.07) is 6.31. The van der Waals surface area contributed by atoms with Gasteiger partial charge in [0.25, 0.3) is 0 Å². The van der Waals surface area contributed by atoms with Gasteiger partial charge in [0, 0.05) is 32.4 Å². The van der Waals surface area contributed by atoms with Crippen LogP contribution in [0.15, 0.2) is 30.6 Å². The van der Waals surface area contributed by atoms with Crippen LogP contribution >= 0.6 is 23.2 Å². The molecular formula is C23H30Cl2N4O. The Kier molecular flexibility index (Phi) is 7.01. The lowest BCUT2D eigenvalue weighted by Gasteiger charge is -2.37. The van der Waals surface area contributed by atoms with E-state index in [0.29, 0.717) is 16.1 Å². The van der Waals surface area contributed by atoms with Crippen molar-refractivity contribution in [2.75, 3.05) is 37.6 Å². The summed E-state index contributed by atoms with van der Waals surface area (Å²) in [5.41, 5.74) is 1.77. The summed E-state index contributed by atoms with van der Waals surface area (Å²) in [5.74, 6) is 0.886. The molecule has 0 atom stereocenters. The highest BCUT2D eigenvalue weighted by Crippen LogP contribution is 2.35. The Bertz CT molecular complexity index is 868. The summed E-state index contributed by atoms with van der Waals surface area (Å²) >= 11 is 12.6. The average Bonchev–Trinajstić information content (AvgIpc) is 3.26. The third-order valence-electron chi connectivity index (χ3n) is 6.70. The maximum absolute atomic E-state index is 11.5. The molecule has 2 fully saturated rings. The highest BCUT2D eigenvalue weighted by atomic mass is 35.5. The van der Waals surface area contributed by atoms with Crippen molar-refractivity contribution in [3.8, 4) is 0 Å². The first-order valence-electron chi connectivity index (χ1n) is 11.0. The number of nitrogens with zero attached hydrogens (tertiary/aromatic N) is 4. The first-order chi connectivity index (χ1) is 14.5. The summed E-state index contributed by atoms with van der Waals surface area (Å²) in [4.78, 5) is 16.4. The molecule has 1 aliphatic heterocycles. The van der Waals surface area contributed by atoms with Crippen molar-refractivity contribution in [3.63, 3.8) is 0 Å². The van der Waals surface area contributed by atoms with Crippen molar-refractivity contribution in [2.24, 2.45) is 5.92 Å². The summed E-state index contributed by atoms with van der Waals surface area (Å²) in [7, 11) is 0. The molecule has 30 heavy (non-hydrogen) atoms. The number of piperazine rings is 1. The molecule has 2 aromatic rings. The first-order valence-corrected chi connectivity index (χ1v) is 11.7. The second-order valence-corrected chi connectivity index (χ2v) is 9.42. The van der Waals surface area contributed by atoms with Crippen molar-refractivity contribution in [1.82, 2.24) is 14.7 Å². The van der Waals surface area contributed by atoms with Crippen LogP contribution in [0, 0.1) is 5.92 Å². The molecule has 0 amide bonds. The zero-order chi connectivity index (χ0) is 21.1. The van der Waals surface area contributed by atoms with Gasteiger partial charge in [0.2, 0.25) is 0 Å². The number of ketones is 1. The fourth-order valence-electron chi connectivity index (χ4n) is 4.73. The van der Waals surface area contributed by atoms with E-state index in [1.807, 2.05) is 23.0 Å². The molecule has 0 unspecified atom stereocenters. The van der Waals surface area contributed by atoms with Crippen LogP contribution in [0.2, 0.25) is 10.0 Å². The molecule has 4 rings (SSSR count). The van der Waals surface area contributed by atoms with Gasteiger partial charge in [-0.2, -0.15) is 5.10 Å². The van der Waals surface area contributed by atoms with Crippen LogP contribution in [0.1, 0.15) is 55.4 Å². The molecule has 7 heteroatoms. The molecule has 1 saturated heterocycles. The van der Waals surface area contributed by atoms with E-state index in [-0.39, 0.29) is 5.78 Å². The predicted molar refractivity (Wildman–Crippen MR) is 123 cm³/mol. The number of Topliss-reactive ketones (excluding diaryl/α,β-unsaturated/α-hetero) is 1. The van der Waals surface area contributed by atoms with Crippen LogP contribution in [0.3, 0.4) is 0 Å². The maximum atomic E-state index is 11.5. The van der Waals surface area contributed by atoms with Gasteiger partial charge in [-0.15, -0.1) is 0 Å². The molecule has 2 aliphatic rings. The lowest BCUT2D eigenvalue weighted by atomic mass is 9.84. The summed E-state index contributed by atoms with van der Waals surface area (Å²) < 4.78 is 2.01. The van der Waals surface area contributed by atoms with Gasteiger partial charge in [-0.1, -0.05) is 29.3 Å².